The Labute approximate surface area is 155 Å². The number of aromatic nitrogens is 2. The SMILES string of the molecule is Cn1nc(C2CCC(O)(CN)C2)c(C(=O)Nc2ccc(F)c(Cl)c2)c1N. The second kappa shape index (κ2) is 6.86. The number of nitrogens with one attached hydrogen (secondary N) is 1. The van der Waals surface area contributed by atoms with Crippen molar-refractivity contribution in [3.8, 4) is 0 Å². The summed E-state index contributed by atoms with van der Waals surface area (Å²) in [5, 5.41) is 17.3. The summed E-state index contributed by atoms with van der Waals surface area (Å²) in [6.45, 7) is 0.154. The highest BCUT2D eigenvalue weighted by Crippen LogP contribution is 2.42. The first-order chi connectivity index (χ1) is 12.2. The zero-order valence-corrected chi connectivity index (χ0v) is 15.1. The molecule has 7 nitrogen and oxygen atoms in total. The van der Waals surface area contributed by atoms with E-state index in [1.54, 1.807) is 7.05 Å². The van der Waals surface area contributed by atoms with Crippen LogP contribution < -0.4 is 16.8 Å². The maximum absolute atomic E-state index is 13.3. The number of carbonyl (C=O) groups excluding carboxylic acids is 1. The number of hydrogen-bond acceptors (Lipinski definition) is 5. The predicted molar refractivity (Wildman–Crippen MR) is 97.6 cm³/mol. The molecule has 1 aromatic carbocycles. The molecular formula is C17H21ClFN5O2. The Morgan fingerprint density at radius 1 is 1.58 bits per heavy atom. The van der Waals surface area contributed by atoms with Crippen LogP contribution in [0.2, 0.25) is 5.02 Å². The van der Waals surface area contributed by atoms with Crippen molar-refractivity contribution in [2.75, 3.05) is 17.6 Å². The third kappa shape index (κ3) is 3.40. The smallest absolute Gasteiger partial charge is 0.261 e. The van der Waals surface area contributed by atoms with Gasteiger partial charge in [-0.15, -0.1) is 0 Å². The average molecular weight is 382 g/mol. The topological polar surface area (TPSA) is 119 Å². The summed E-state index contributed by atoms with van der Waals surface area (Å²) in [4.78, 5) is 12.8. The molecule has 2 aromatic rings. The van der Waals surface area contributed by atoms with Gasteiger partial charge in [0.15, 0.2) is 0 Å². The molecule has 0 saturated heterocycles. The summed E-state index contributed by atoms with van der Waals surface area (Å²) in [7, 11) is 1.65. The molecule has 0 aliphatic heterocycles. The van der Waals surface area contributed by atoms with Gasteiger partial charge in [0.1, 0.15) is 17.2 Å². The molecule has 2 atom stereocenters. The van der Waals surface area contributed by atoms with Crippen LogP contribution in [0.25, 0.3) is 0 Å². The van der Waals surface area contributed by atoms with Gasteiger partial charge in [-0.25, -0.2) is 4.39 Å². The predicted octanol–water partition coefficient (Wildman–Crippen LogP) is 2.00. The molecule has 1 heterocycles. The van der Waals surface area contributed by atoms with Crippen LogP contribution in [-0.2, 0) is 7.05 Å². The molecule has 3 rings (SSSR count). The van der Waals surface area contributed by atoms with Crippen molar-refractivity contribution >= 4 is 29.0 Å². The molecule has 0 bridgehead atoms. The highest BCUT2D eigenvalue weighted by molar-refractivity contribution is 6.31. The van der Waals surface area contributed by atoms with E-state index in [4.69, 9.17) is 23.1 Å². The summed E-state index contributed by atoms with van der Waals surface area (Å²) in [6, 6.07) is 3.90. The molecule has 1 aliphatic rings. The number of benzene rings is 1. The van der Waals surface area contributed by atoms with Crippen LogP contribution in [0, 0.1) is 5.82 Å². The molecule has 0 spiro atoms. The lowest BCUT2D eigenvalue weighted by molar-refractivity contribution is 0.0552. The maximum atomic E-state index is 13.3. The molecule has 140 valence electrons. The molecule has 9 heteroatoms. The van der Waals surface area contributed by atoms with E-state index in [2.05, 4.69) is 10.4 Å². The fourth-order valence-corrected chi connectivity index (χ4v) is 3.55. The monoisotopic (exact) mass is 381 g/mol. The summed E-state index contributed by atoms with van der Waals surface area (Å²) >= 11 is 5.75. The zero-order chi connectivity index (χ0) is 19.1. The van der Waals surface area contributed by atoms with E-state index < -0.39 is 17.3 Å². The van der Waals surface area contributed by atoms with Crippen LogP contribution in [0.1, 0.15) is 41.2 Å². The molecule has 0 radical (unpaired) electrons. The summed E-state index contributed by atoms with van der Waals surface area (Å²) < 4.78 is 14.7. The number of aliphatic hydroxyl groups is 1. The minimum atomic E-state index is -0.949. The molecular weight excluding hydrogens is 361 g/mol. The molecule has 26 heavy (non-hydrogen) atoms. The van der Waals surface area contributed by atoms with E-state index in [9.17, 15) is 14.3 Å². The minimum Gasteiger partial charge on any atom is -0.389 e. The van der Waals surface area contributed by atoms with Crippen LogP contribution in [0.5, 0.6) is 0 Å². The van der Waals surface area contributed by atoms with Gasteiger partial charge in [0.25, 0.3) is 5.91 Å². The Bertz CT molecular complexity index is 856. The van der Waals surface area contributed by atoms with E-state index in [0.717, 1.165) is 0 Å². The Hall–Kier alpha value is -2.16. The molecule has 1 amide bonds. The molecule has 1 saturated carbocycles. The largest absolute Gasteiger partial charge is 0.389 e. The molecule has 2 unspecified atom stereocenters. The van der Waals surface area contributed by atoms with E-state index >= 15 is 0 Å². The number of anilines is 2. The molecule has 1 aromatic heterocycles. The second-order valence-corrected chi connectivity index (χ2v) is 7.13. The Kier molecular flexibility index (Phi) is 4.92. The van der Waals surface area contributed by atoms with Crippen molar-refractivity contribution in [2.24, 2.45) is 12.8 Å². The lowest BCUT2D eigenvalue weighted by Gasteiger charge is -2.19. The normalized spacial score (nSPS) is 22.6. The van der Waals surface area contributed by atoms with Gasteiger partial charge in [-0.05, 0) is 37.5 Å². The quantitative estimate of drug-likeness (QED) is 0.645. The van der Waals surface area contributed by atoms with Gasteiger partial charge in [-0.2, -0.15) is 5.10 Å². The van der Waals surface area contributed by atoms with Gasteiger partial charge < -0.3 is 21.9 Å². The fraction of sp³-hybridized carbons (Fsp3) is 0.412. The molecule has 6 N–H and O–H groups in total. The first-order valence-electron chi connectivity index (χ1n) is 8.25. The number of aryl methyl sites for hydroxylation is 1. The van der Waals surface area contributed by atoms with Crippen LogP contribution in [0.15, 0.2) is 18.2 Å². The number of halogens is 2. The first kappa shape index (κ1) is 18.6. The van der Waals surface area contributed by atoms with Crippen molar-refractivity contribution in [1.82, 2.24) is 9.78 Å². The Morgan fingerprint density at radius 3 is 2.92 bits per heavy atom. The number of hydrogen-bond donors (Lipinski definition) is 4. The van der Waals surface area contributed by atoms with Crippen LogP contribution in [0.3, 0.4) is 0 Å². The van der Waals surface area contributed by atoms with E-state index in [1.807, 2.05) is 0 Å². The van der Waals surface area contributed by atoms with Crippen molar-refractivity contribution in [3.63, 3.8) is 0 Å². The highest BCUT2D eigenvalue weighted by Gasteiger charge is 2.40. The number of amides is 1. The number of carbonyl (C=O) groups is 1. The number of rotatable bonds is 4. The van der Waals surface area contributed by atoms with Crippen molar-refractivity contribution in [2.45, 2.75) is 30.8 Å². The molecule has 1 fully saturated rings. The van der Waals surface area contributed by atoms with Crippen LogP contribution in [0.4, 0.5) is 15.9 Å². The highest BCUT2D eigenvalue weighted by atomic mass is 35.5. The number of nitrogens with zero attached hydrogens (tertiary/aromatic N) is 2. The average Bonchev–Trinajstić information content (AvgIpc) is 3.13. The Morgan fingerprint density at radius 2 is 2.31 bits per heavy atom. The summed E-state index contributed by atoms with van der Waals surface area (Å²) in [5.41, 5.74) is 11.9. The third-order valence-electron chi connectivity index (χ3n) is 4.87. The lowest BCUT2D eigenvalue weighted by atomic mass is 9.96. The van der Waals surface area contributed by atoms with Crippen LogP contribution in [-0.4, -0.2) is 32.9 Å². The van der Waals surface area contributed by atoms with Crippen molar-refractivity contribution < 1.29 is 14.3 Å². The molecule has 1 aliphatic carbocycles. The summed E-state index contributed by atoms with van der Waals surface area (Å²) in [5.74, 6) is -0.937. The van der Waals surface area contributed by atoms with E-state index in [1.165, 1.54) is 22.9 Å². The zero-order valence-electron chi connectivity index (χ0n) is 14.3. The van der Waals surface area contributed by atoms with Gasteiger partial charge in [-0.1, -0.05) is 11.6 Å². The van der Waals surface area contributed by atoms with Gasteiger partial charge in [0.2, 0.25) is 0 Å². The number of nitrogens with two attached hydrogens (primary N) is 2. The Balaban J connectivity index is 1.89. The van der Waals surface area contributed by atoms with Gasteiger partial charge in [0.05, 0.1) is 16.3 Å². The van der Waals surface area contributed by atoms with Gasteiger partial charge in [-0.3, -0.25) is 9.48 Å². The lowest BCUT2D eigenvalue weighted by Crippen LogP contribution is -2.34. The number of nitrogen functional groups attached to an aromatic ring is 1. The fourth-order valence-electron chi connectivity index (χ4n) is 3.37. The van der Waals surface area contributed by atoms with Gasteiger partial charge >= 0.3 is 0 Å². The van der Waals surface area contributed by atoms with Crippen molar-refractivity contribution in [3.05, 3.63) is 40.3 Å². The first-order valence-corrected chi connectivity index (χ1v) is 8.63. The van der Waals surface area contributed by atoms with E-state index in [-0.39, 0.29) is 28.9 Å². The summed E-state index contributed by atoms with van der Waals surface area (Å²) in [6.07, 6.45) is 1.62. The van der Waals surface area contributed by atoms with Gasteiger partial charge in [0, 0.05) is 25.2 Å². The minimum absolute atomic E-state index is 0.0917. The maximum Gasteiger partial charge on any atom is 0.261 e. The van der Waals surface area contributed by atoms with E-state index in [0.29, 0.717) is 30.6 Å². The standard InChI is InChI=1S/C17H21ClFN5O2/c1-24-15(21)13(14(23-24)9-4-5-17(26,7-9)8-20)16(25)22-10-2-3-12(19)11(18)6-10/h2-3,6,9,26H,4-5,7-8,20-21H2,1H3,(H,22,25). The van der Waals surface area contributed by atoms with Crippen molar-refractivity contribution in [1.29, 1.82) is 0 Å². The third-order valence-corrected chi connectivity index (χ3v) is 5.16. The second-order valence-electron chi connectivity index (χ2n) is 6.72. The van der Waals surface area contributed by atoms with Crippen LogP contribution >= 0.6 is 11.6 Å².